The number of esters is 1. The topological polar surface area (TPSA) is 97.5 Å². The fourth-order valence-corrected chi connectivity index (χ4v) is 1.53. The lowest BCUT2D eigenvalue weighted by Gasteiger charge is -2.12. The molecule has 0 bridgehead atoms. The van der Waals surface area contributed by atoms with Crippen LogP contribution in [0.2, 0.25) is 0 Å². The molecule has 7 nitrogen and oxygen atoms in total. The van der Waals surface area contributed by atoms with Crippen LogP contribution in [0.3, 0.4) is 0 Å². The molecule has 1 heterocycles. The molecule has 0 amide bonds. The van der Waals surface area contributed by atoms with Crippen molar-refractivity contribution in [1.82, 2.24) is 15.0 Å². The lowest BCUT2D eigenvalue weighted by Crippen LogP contribution is -2.23. The van der Waals surface area contributed by atoms with E-state index in [0.29, 0.717) is 5.69 Å². The highest BCUT2D eigenvalue weighted by molar-refractivity contribution is 5.88. The maximum absolute atomic E-state index is 11.5. The van der Waals surface area contributed by atoms with E-state index in [4.69, 9.17) is 5.11 Å². The summed E-state index contributed by atoms with van der Waals surface area (Å²) in [6.45, 7) is 3.49. The first-order chi connectivity index (χ1) is 8.01. The lowest BCUT2D eigenvalue weighted by molar-refractivity contribution is 0.0591. The van der Waals surface area contributed by atoms with Crippen molar-refractivity contribution in [3.05, 3.63) is 11.4 Å². The zero-order valence-electron chi connectivity index (χ0n) is 10.1. The Labute approximate surface area is 99.0 Å². The second kappa shape index (κ2) is 5.74. The molecule has 0 aliphatic heterocycles. The molecule has 0 aromatic carbocycles. The average molecular weight is 243 g/mol. The number of aliphatic hydroxyl groups is 2. The predicted octanol–water partition coefficient (Wildman–Crippen LogP) is -0.459. The van der Waals surface area contributed by atoms with Gasteiger partial charge in [0.2, 0.25) is 0 Å². The number of aliphatic hydroxyl groups excluding tert-OH is 2. The molecule has 0 radical (unpaired) electrons. The molecule has 7 heteroatoms. The summed E-state index contributed by atoms with van der Waals surface area (Å²) in [6, 6.07) is 0. The number of nitrogens with zero attached hydrogens (tertiary/aromatic N) is 3. The first kappa shape index (κ1) is 13.6. The molecule has 1 atom stereocenters. The molecule has 0 saturated carbocycles. The van der Waals surface area contributed by atoms with E-state index < -0.39 is 12.1 Å². The van der Waals surface area contributed by atoms with E-state index in [9.17, 15) is 9.90 Å². The molecule has 1 rings (SSSR count). The van der Waals surface area contributed by atoms with Crippen LogP contribution in [0.1, 0.15) is 35.9 Å². The van der Waals surface area contributed by atoms with E-state index in [1.807, 2.05) is 13.8 Å². The molecule has 0 aliphatic rings. The van der Waals surface area contributed by atoms with Gasteiger partial charge in [-0.25, -0.2) is 9.48 Å². The van der Waals surface area contributed by atoms with E-state index in [1.54, 1.807) is 0 Å². The molecule has 17 heavy (non-hydrogen) atoms. The summed E-state index contributed by atoms with van der Waals surface area (Å²) in [5.41, 5.74) is 0.733. The van der Waals surface area contributed by atoms with Gasteiger partial charge in [-0.2, -0.15) is 0 Å². The first-order valence-electron chi connectivity index (χ1n) is 5.31. The summed E-state index contributed by atoms with van der Waals surface area (Å²) >= 11 is 0. The normalized spacial score (nSPS) is 12.8. The number of ether oxygens (including phenoxy) is 1. The Kier molecular flexibility index (Phi) is 4.59. The number of rotatable bonds is 5. The fourth-order valence-electron chi connectivity index (χ4n) is 1.53. The minimum Gasteiger partial charge on any atom is -0.464 e. The average Bonchev–Trinajstić information content (AvgIpc) is 2.71. The van der Waals surface area contributed by atoms with Gasteiger partial charge in [-0.05, 0) is 5.92 Å². The molecule has 1 unspecified atom stereocenters. The molecule has 0 spiro atoms. The number of hydrogen-bond acceptors (Lipinski definition) is 6. The predicted molar refractivity (Wildman–Crippen MR) is 58.5 cm³/mol. The van der Waals surface area contributed by atoms with E-state index in [1.165, 1.54) is 11.8 Å². The standard InChI is InChI=1S/C10H17N3O4/c1-6(2)9-8(10(16)17-3)11-12-13(9)4-7(15)5-14/h6-7,14-15H,4-5H2,1-3H3. The number of carbonyl (C=O) groups excluding carboxylic acids is 1. The van der Waals surface area contributed by atoms with Crippen molar-refractivity contribution < 1.29 is 19.7 Å². The van der Waals surface area contributed by atoms with Gasteiger partial charge in [-0.3, -0.25) is 0 Å². The summed E-state index contributed by atoms with van der Waals surface area (Å²) in [5, 5.41) is 25.7. The van der Waals surface area contributed by atoms with Gasteiger partial charge < -0.3 is 14.9 Å². The molecular formula is C10H17N3O4. The zero-order chi connectivity index (χ0) is 13.0. The Hall–Kier alpha value is -1.47. The SMILES string of the molecule is COC(=O)c1nnn(CC(O)CO)c1C(C)C. The van der Waals surface area contributed by atoms with Gasteiger partial charge in [-0.1, -0.05) is 19.1 Å². The van der Waals surface area contributed by atoms with Gasteiger partial charge in [0.25, 0.3) is 0 Å². The van der Waals surface area contributed by atoms with Gasteiger partial charge in [-0.15, -0.1) is 5.10 Å². The molecule has 0 saturated heterocycles. The Bertz CT molecular complexity index is 389. The maximum Gasteiger partial charge on any atom is 0.360 e. The van der Waals surface area contributed by atoms with Crippen LogP contribution in [0.15, 0.2) is 0 Å². The molecule has 1 aromatic heterocycles. The van der Waals surface area contributed by atoms with Crippen molar-refractivity contribution in [2.75, 3.05) is 13.7 Å². The van der Waals surface area contributed by atoms with Crippen LogP contribution < -0.4 is 0 Å². The highest BCUT2D eigenvalue weighted by atomic mass is 16.5. The summed E-state index contributed by atoms with van der Waals surface area (Å²) < 4.78 is 6.02. The third kappa shape index (κ3) is 3.01. The largest absolute Gasteiger partial charge is 0.464 e. The quantitative estimate of drug-likeness (QED) is 0.679. The zero-order valence-corrected chi connectivity index (χ0v) is 10.1. The number of carbonyl (C=O) groups is 1. The van der Waals surface area contributed by atoms with Crippen LogP contribution in [-0.2, 0) is 11.3 Å². The summed E-state index contributed by atoms with van der Waals surface area (Å²) in [5.74, 6) is -0.552. The summed E-state index contributed by atoms with van der Waals surface area (Å²) in [4.78, 5) is 11.5. The molecular weight excluding hydrogens is 226 g/mol. The van der Waals surface area contributed by atoms with Crippen LogP contribution in [-0.4, -0.2) is 51.0 Å². The van der Waals surface area contributed by atoms with Crippen LogP contribution in [0.5, 0.6) is 0 Å². The fraction of sp³-hybridized carbons (Fsp3) is 0.700. The Balaban J connectivity index is 3.06. The van der Waals surface area contributed by atoms with Gasteiger partial charge in [0.1, 0.15) is 0 Å². The molecule has 2 N–H and O–H groups in total. The van der Waals surface area contributed by atoms with E-state index >= 15 is 0 Å². The minimum atomic E-state index is -0.931. The first-order valence-corrected chi connectivity index (χ1v) is 5.31. The summed E-state index contributed by atoms with van der Waals surface area (Å²) in [7, 11) is 1.27. The molecule has 0 aliphatic carbocycles. The van der Waals surface area contributed by atoms with Gasteiger partial charge in [0, 0.05) is 0 Å². The second-order valence-electron chi connectivity index (χ2n) is 3.99. The molecule has 96 valence electrons. The van der Waals surface area contributed by atoms with Gasteiger partial charge >= 0.3 is 5.97 Å². The Morgan fingerprint density at radius 1 is 1.53 bits per heavy atom. The Morgan fingerprint density at radius 3 is 2.65 bits per heavy atom. The van der Waals surface area contributed by atoms with Crippen LogP contribution >= 0.6 is 0 Å². The van der Waals surface area contributed by atoms with Gasteiger partial charge in [0.15, 0.2) is 5.69 Å². The maximum atomic E-state index is 11.5. The minimum absolute atomic E-state index is 0.00462. The van der Waals surface area contributed by atoms with Crippen LogP contribution in [0.25, 0.3) is 0 Å². The monoisotopic (exact) mass is 243 g/mol. The molecule has 0 fully saturated rings. The second-order valence-corrected chi connectivity index (χ2v) is 3.99. The van der Waals surface area contributed by atoms with Crippen molar-refractivity contribution in [2.24, 2.45) is 0 Å². The van der Waals surface area contributed by atoms with E-state index in [-0.39, 0.29) is 24.8 Å². The third-order valence-electron chi connectivity index (χ3n) is 2.29. The molecule has 1 aromatic rings. The highest BCUT2D eigenvalue weighted by Gasteiger charge is 2.23. The smallest absolute Gasteiger partial charge is 0.360 e. The van der Waals surface area contributed by atoms with Crippen molar-refractivity contribution in [1.29, 1.82) is 0 Å². The van der Waals surface area contributed by atoms with Crippen molar-refractivity contribution >= 4 is 5.97 Å². The van der Waals surface area contributed by atoms with Crippen molar-refractivity contribution in [3.8, 4) is 0 Å². The number of methoxy groups -OCH3 is 1. The van der Waals surface area contributed by atoms with Crippen molar-refractivity contribution in [3.63, 3.8) is 0 Å². The number of hydrogen-bond donors (Lipinski definition) is 2. The van der Waals surface area contributed by atoms with E-state index in [2.05, 4.69) is 15.0 Å². The highest BCUT2D eigenvalue weighted by Crippen LogP contribution is 2.18. The third-order valence-corrected chi connectivity index (χ3v) is 2.29. The van der Waals surface area contributed by atoms with E-state index in [0.717, 1.165) is 0 Å². The van der Waals surface area contributed by atoms with Crippen LogP contribution in [0, 0.1) is 0 Å². The van der Waals surface area contributed by atoms with Crippen LogP contribution in [0.4, 0.5) is 0 Å². The number of aromatic nitrogens is 3. The Morgan fingerprint density at radius 2 is 2.18 bits per heavy atom. The van der Waals surface area contributed by atoms with Crippen molar-refractivity contribution in [2.45, 2.75) is 32.4 Å². The lowest BCUT2D eigenvalue weighted by atomic mass is 10.1. The van der Waals surface area contributed by atoms with Gasteiger partial charge in [0.05, 0.1) is 32.1 Å². The summed E-state index contributed by atoms with van der Waals surface area (Å²) in [6.07, 6.45) is -0.931.